The van der Waals surface area contributed by atoms with Gasteiger partial charge in [-0.05, 0) is 29.4 Å². The van der Waals surface area contributed by atoms with Crippen LogP contribution in [-0.4, -0.2) is 24.6 Å². The van der Waals surface area contributed by atoms with Crippen LogP contribution < -0.4 is 5.32 Å². The van der Waals surface area contributed by atoms with Gasteiger partial charge in [0, 0.05) is 18.0 Å². The molecule has 1 aromatic carbocycles. The normalized spacial score (nSPS) is 32.5. The summed E-state index contributed by atoms with van der Waals surface area (Å²) < 4.78 is 5.92. The van der Waals surface area contributed by atoms with Crippen molar-refractivity contribution in [2.24, 2.45) is 5.41 Å². The van der Waals surface area contributed by atoms with Crippen LogP contribution in [0.1, 0.15) is 37.5 Å². The number of rotatable bonds is 3. The Morgan fingerprint density at radius 1 is 1.37 bits per heavy atom. The molecule has 1 fully saturated rings. The highest BCUT2D eigenvalue weighted by molar-refractivity contribution is 6.21. The van der Waals surface area contributed by atoms with Crippen molar-refractivity contribution in [3.63, 3.8) is 0 Å². The average Bonchev–Trinajstić information content (AvgIpc) is 2.43. The summed E-state index contributed by atoms with van der Waals surface area (Å²) in [6.07, 6.45) is 2.28. The number of ether oxygens (including phenoxy) is 1. The number of fused-ring (bicyclic) bond motifs is 1. The average molecular weight is 280 g/mol. The number of alkyl halides is 1. The largest absolute Gasteiger partial charge is 0.372 e. The van der Waals surface area contributed by atoms with Gasteiger partial charge in [0.1, 0.15) is 0 Å². The van der Waals surface area contributed by atoms with Crippen LogP contribution in [0.5, 0.6) is 0 Å². The van der Waals surface area contributed by atoms with E-state index >= 15 is 0 Å². The molecule has 0 bridgehead atoms. The summed E-state index contributed by atoms with van der Waals surface area (Å²) in [5, 5.41) is 3.94. The first-order chi connectivity index (χ1) is 9.09. The predicted molar refractivity (Wildman–Crippen MR) is 78.7 cm³/mol. The maximum absolute atomic E-state index is 6.27. The topological polar surface area (TPSA) is 21.3 Å². The second kappa shape index (κ2) is 5.08. The SMILES string of the molecule is CC1(C)C(Cl)CC1NCC1OCCc2ccccc21. The fourth-order valence-electron chi connectivity index (χ4n) is 3.11. The molecule has 0 spiro atoms. The Bertz CT molecular complexity index is 460. The lowest BCUT2D eigenvalue weighted by Gasteiger charge is -2.50. The molecular weight excluding hydrogens is 258 g/mol. The molecule has 3 heteroatoms. The molecule has 1 N–H and O–H groups in total. The second-order valence-corrected chi connectivity index (χ2v) is 6.82. The zero-order valence-electron chi connectivity index (χ0n) is 11.7. The maximum Gasteiger partial charge on any atom is 0.0952 e. The molecule has 0 amide bonds. The highest BCUT2D eigenvalue weighted by Crippen LogP contribution is 2.44. The highest BCUT2D eigenvalue weighted by atomic mass is 35.5. The van der Waals surface area contributed by atoms with Crippen LogP contribution in [0.25, 0.3) is 0 Å². The van der Waals surface area contributed by atoms with Crippen LogP contribution in [-0.2, 0) is 11.2 Å². The van der Waals surface area contributed by atoms with Gasteiger partial charge in [0.2, 0.25) is 0 Å². The molecule has 3 atom stereocenters. The smallest absolute Gasteiger partial charge is 0.0952 e. The first-order valence-electron chi connectivity index (χ1n) is 7.16. The van der Waals surface area contributed by atoms with E-state index < -0.39 is 0 Å². The summed E-state index contributed by atoms with van der Waals surface area (Å²) in [6.45, 7) is 6.19. The summed E-state index contributed by atoms with van der Waals surface area (Å²) in [7, 11) is 0. The molecule has 19 heavy (non-hydrogen) atoms. The summed E-state index contributed by atoms with van der Waals surface area (Å²) in [5.74, 6) is 0. The van der Waals surface area contributed by atoms with Crippen LogP contribution in [0.2, 0.25) is 0 Å². The van der Waals surface area contributed by atoms with E-state index in [9.17, 15) is 0 Å². The standard InChI is InChI=1S/C16H22ClNO/c1-16(2)14(17)9-15(16)18-10-13-12-6-4-3-5-11(12)7-8-19-13/h3-6,13-15,18H,7-10H2,1-2H3. The van der Waals surface area contributed by atoms with E-state index in [2.05, 4.69) is 43.4 Å². The third-order valence-electron chi connectivity index (χ3n) is 4.79. The van der Waals surface area contributed by atoms with Crippen molar-refractivity contribution in [3.05, 3.63) is 35.4 Å². The zero-order chi connectivity index (χ0) is 13.5. The molecular formula is C16H22ClNO. The van der Waals surface area contributed by atoms with E-state index in [1.165, 1.54) is 11.1 Å². The zero-order valence-corrected chi connectivity index (χ0v) is 12.4. The molecule has 2 nitrogen and oxygen atoms in total. The fourth-order valence-corrected chi connectivity index (χ4v) is 3.44. The summed E-state index contributed by atoms with van der Waals surface area (Å²) in [4.78, 5) is 0. The number of halogens is 1. The van der Waals surface area contributed by atoms with Crippen molar-refractivity contribution >= 4 is 11.6 Å². The lowest BCUT2D eigenvalue weighted by molar-refractivity contribution is 0.0274. The monoisotopic (exact) mass is 279 g/mol. The molecule has 2 aliphatic rings. The van der Waals surface area contributed by atoms with Crippen LogP contribution in [0.3, 0.4) is 0 Å². The van der Waals surface area contributed by atoms with Gasteiger partial charge in [0.25, 0.3) is 0 Å². The number of benzene rings is 1. The Balaban J connectivity index is 1.63. The number of nitrogens with one attached hydrogen (secondary N) is 1. The van der Waals surface area contributed by atoms with Gasteiger partial charge in [-0.3, -0.25) is 0 Å². The Labute approximate surface area is 120 Å². The van der Waals surface area contributed by atoms with Crippen LogP contribution in [0, 0.1) is 5.41 Å². The van der Waals surface area contributed by atoms with Crippen molar-refractivity contribution in [2.75, 3.05) is 13.2 Å². The van der Waals surface area contributed by atoms with Crippen molar-refractivity contribution < 1.29 is 4.74 Å². The molecule has 104 valence electrons. The van der Waals surface area contributed by atoms with Gasteiger partial charge < -0.3 is 10.1 Å². The molecule has 1 heterocycles. The minimum Gasteiger partial charge on any atom is -0.372 e. The minimum absolute atomic E-state index is 0.190. The van der Waals surface area contributed by atoms with Crippen molar-refractivity contribution in [3.8, 4) is 0 Å². The lowest BCUT2D eigenvalue weighted by atomic mass is 9.66. The lowest BCUT2D eigenvalue weighted by Crippen LogP contribution is -2.58. The van der Waals surface area contributed by atoms with Gasteiger partial charge >= 0.3 is 0 Å². The van der Waals surface area contributed by atoms with E-state index in [1.807, 2.05) is 0 Å². The number of hydrogen-bond acceptors (Lipinski definition) is 2. The Morgan fingerprint density at radius 2 is 2.16 bits per heavy atom. The molecule has 0 radical (unpaired) electrons. The fraction of sp³-hybridized carbons (Fsp3) is 0.625. The molecule has 1 aliphatic carbocycles. The van der Waals surface area contributed by atoms with Crippen molar-refractivity contribution in [1.29, 1.82) is 0 Å². The summed E-state index contributed by atoms with van der Waals surface area (Å²) in [5.41, 5.74) is 2.97. The van der Waals surface area contributed by atoms with Crippen molar-refractivity contribution in [2.45, 2.75) is 44.2 Å². The van der Waals surface area contributed by atoms with Crippen LogP contribution in [0.15, 0.2) is 24.3 Å². The highest BCUT2D eigenvalue weighted by Gasteiger charge is 2.46. The molecule has 1 aromatic rings. The molecule has 0 aromatic heterocycles. The number of hydrogen-bond donors (Lipinski definition) is 1. The van der Waals surface area contributed by atoms with E-state index in [0.717, 1.165) is 26.0 Å². The van der Waals surface area contributed by atoms with Gasteiger partial charge in [0.05, 0.1) is 12.7 Å². The van der Waals surface area contributed by atoms with Crippen LogP contribution in [0.4, 0.5) is 0 Å². The molecule has 3 unspecified atom stereocenters. The molecule has 3 rings (SSSR count). The van der Waals surface area contributed by atoms with Crippen molar-refractivity contribution in [1.82, 2.24) is 5.32 Å². The van der Waals surface area contributed by atoms with Gasteiger partial charge in [-0.1, -0.05) is 38.1 Å². The third-order valence-corrected chi connectivity index (χ3v) is 5.53. The van der Waals surface area contributed by atoms with E-state index in [4.69, 9.17) is 16.3 Å². The quantitative estimate of drug-likeness (QED) is 0.858. The minimum atomic E-state index is 0.190. The van der Waals surface area contributed by atoms with Gasteiger partial charge in [-0.15, -0.1) is 11.6 Å². The molecule has 0 saturated heterocycles. The van der Waals surface area contributed by atoms with Crippen LogP contribution >= 0.6 is 11.6 Å². The maximum atomic E-state index is 6.27. The predicted octanol–water partition coefficient (Wildman–Crippen LogP) is 3.30. The molecule has 1 aliphatic heterocycles. The first-order valence-corrected chi connectivity index (χ1v) is 7.59. The summed E-state index contributed by atoms with van der Waals surface area (Å²) in [6, 6.07) is 9.13. The van der Waals surface area contributed by atoms with Gasteiger partial charge in [-0.25, -0.2) is 0 Å². The Kier molecular flexibility index (Phi) is 3.59. The Hall–Kier alpha value is -0.570. The third kappa shape index (κ3) is 2.42. The molecule has 1 saturated carbocycles. The van der Waals surface area contributed by atoms with E-state index in [1.54, 1.807) is 0 Å². The van der Waals surface area contributed by atoms with Gasteiger partial charge in [-0.2, -0.15) is 0 Å². The summed E-state index contributed by atoms with van der Waals surface area (Å²) >= 11 is 6.27. The second-order valence-electron chi connectivity index (χ2n) is 6.29. The first kappa shape index (κ1) is 13.4. The van der Waals surface area contributed by atoms with E-state index in [-0.39, 0.29) is 11.5 Å². The van der Waals surface area contributed by atoms with Gasteiger partial charge in [0.15, 0.2) is 0 Å². The Morgan fingerprint density at radius 3 is 2.89 bits per heavy atom. The van der Waals surface area contributed by atoms with E-state index in [0.29, 0.717) is 11.4 Å².